The largest absolute Gasteiger partial charge is 0.463 e. The van der Waals surface area contributed by atoms with Gasteiger partial charge in [0.25, 0.3) is 0 Å². The first-order valence-electron chi connectivity index (χ1n) is 31.2. The van der Waals surface area contributed by atoms with E-state index in [0.29, 0.717) is 71.2 Å². The molecule has 2 aliphatic heterocycles. The Balaban J connectivity index is 0.000000127. The van der Waals surface area contributed by atoms with Gasteiger partial charge in [0.05, 0.1) is 18.1 Å². The minimum absolute atomic E-state index is 0.0128. The van der Waals surface area contributed by atoms with Crippen LogP contribution in [0.5, 0.6) is 0 Å². The first-order valence-corrected chi connectivity index (χ1v) is 31.2. The van der Waals surface area contributed by atoms with Crippen molar-refractivity contribution in [3.05, 3.63) is 60.8 Å². The van der Waals surface area contributed by atoms with Crippen molar-refractivity contribution in [3.63, 3.8) is 0 Å². The fourth-order valence-electron chi connectivity index (χ4n) is 18.3. The van der Waals surface area contributed by atoms with Crippen LogP contribution in [0.15, 0.2) is 60.8 Å². The summed E-state index contributed by atoms with van der Waals surface area (Å²) < 4.78 is 42.1. The second kappa shape index (κ2) is 25.0. The third-order valence-electron chi connectivity index (χ3n) is 21.7. The number of esters is 8. The van der Waals surface area contributed by atoms with E-state index in [-0.39, 0.29) is 76.2 Å². The highest BCUT2D eigenvalue weighted by Crippen LogP contribution is 2.62. The van der Waals surface area contributed by atoms with Crippen molar-refractivity contribution in [2.45, 2.75) is 212 Å². The van der Waals surface area contributed by atoms with Gasteiger partial charge in [0, 0.05) is 46.1 Å². The first kappa shape index (κ1) is 62.9. The molecule has 17 nitrogen and oxygen atoms in total. The molecule has 17 heteroatoms. The van der Waals surface area contributed by atoms with Crippen molar-refractivity contribution in [2.75, 3.05) is 13.2 Å². The Morgan fingerprint density at radius 3 is 1.49 bits per heavy atom. The van der Waals surface area contributed by atoms with Gasteiger partial charge in [-0.1, -0.05) is 39.8 Å². The van der Waals surface area contributed by atoms with E-state index in [1.807, 2.05) is 0 Å². The molecular formula is C67H92O17. The molecule has 14 bridgehead atoms. The monoisotopic (exact) mass is 1170 g/mol. The summed E-state index contributed by atoms with van der Waals surface area (Å²) in [7, 11) is 0. The van der Waals surface area contributed by atoms with E-state index < -0.39 is 48.3 Å². The minimum atomic E-state index is -0.728. The zero-order chi connectivity index (χ0) is 60.9. The molecule has 462 valence electrons. The van der Waals surface area contributed by atoms with Gasteiger partial charge >= 0.3 is 47.8 Å². The van der Waals surface area contributed by atoms with Crippen molar-refractivity contribution in [3.8, 4) is 0 Å². The van der Waals surface area contributed by atoms with E-state index in [0.717, 1.165) is 75.0 Å². The van der Waals surface area contributed by atoms with Crippen LogP contribution in [-0.4, -0.2) is 107 Å². The van der Waals surface area contributed by atoms with Gasteiger partial charge in [-0.2, -0.15) is 0 Å². The van der Waals surface area contributed by atoms with Crippen LogP contribution in [0.1, 0.15) is 170 Å². The van der Waals surface area contributed by atoms with Crippen LogP contribution in [0.25, 0.3) is 0 Å². The molecule has 16 rings (SSSR count). The van der Waals surface area contributed by atoms with Gasteiger partial charge in [-0.05, 0) is 222 Å². The smallest absolute Gasteiger partial charge is 0.347 e. The fraction of sp³-hybridized carbons (Fsp3) is 0.731. The second-order valence-corrected chi connectivity index (χ2v) is 28.1. The zero-order valence-corrected chi connectivity index (χ0v) is 50.8. The molecule has 0 spiro atoms. The van der Waals surface area contributed by atoms with E-state index in [2.05, 4.69) is 51.5 Å². The molecule has 1 N–H and O–H groups in total. The Hall–Kier alpha value is -5.58. The lowest BCUT2D eigenvalue weighted by molar-refractivity contribution is -0.207. The van der Waals surface area contributed by atoms with Gasteiger partial charge in [-0.25, -0.2) is 33.6 Å². The molecule has 14 aliphatic carbocycles. The van der Waals surface area contributed by atoms with E-state index in [9.17, 15) is 43.5 Å². The lowest BCUT2D eigenvalue weighted by Crippen LogP contribution is -2.59. The molecule has 0 aromatic heterocycles. The van der Waals surface area contributed by atoms with Gasteiger partial charge in [0.1, 0.15) is 29.5 Å². The molecule has 16 aliphatic rings. The zero-order valence-electron chi connectivity index (χ0n) is 50.8. The molecule has 0 aromatic rings. The molecule has 2 heterocycles. The van der Waals surface area contributed by atoms with Crippen molar-refractivity contribution in [1.29, 1.82) is 0 Å². The van der Waals surface area contributed by atoms with Crippen LogP contribution in [0.4, 0.5) is 0 Å². The molecule has 0 aromatic carbocycles. The highest BCUT2D eigenvalue weighted by Gasteiger charge is 2.64. The van der Waals surface area contributed by atoms with Crippen molar-refractivity contribution >= 4 is 47.8 Å². The summed E-state index contributed by atoms with van der Waals surface area (Å²) >= 11 is 0. The van der Waals surface area contributed by atoms with E-state index >= 15 is 0 Å². The molecule has 0 amide bonds. The van der Waals surface area contributed by atoms with Crippen molar-refractivity contribution in [1.82, 2.24) is 0 Å². The maximum Gasteiger partial charge on any atom is 0.347 e. The van der Waals surface area contributed by atoms with E-state index in [1.165, 1.54) is 78.1 Å². The molecule has 2 saturated heterocycles. The van der Waals surface area contributed by atoms with Crippen LogP contribution in [0.2, 0.25) is 0 Å². The Kier molecular flexibility index (Phi) is 18.7. The van der Waals surface area contributed by atoms with Crippen molar-refractivity contribution in [2.24, 2.45) is 82.9 Å². The highest BCUT2D eigenvalue weighted by molar-refractivity contribution is 5.90. The lowest BCUT2D eigenvalue weighted by atomic mass is 9.49. The summed E-state index contributed by atoms with van der Waals surface area (Å²) in [5, 5.41) is 10.4. The van der Waals surface area contributed by atoms with Crippen LogP contribution in [0.3, 0.4) is 0 Å². The van der Waals surface area contributed by atoms with Gasteiger partial charge in [0.15, 0.2) is 6.61 Å². The number of hydrogen-bond acceptors (Lipinski definition) is 17. The van der Waals surface area contributed by atoms with Crippen LogP contribution in [0, 0.1) is 82.9 Å². The quantitative estimate of drug-likeness (QED) is 0.103. The van der Waals surface area contributed by atoms with Crippen LogP contribution < -0.4 is 0 Å². The summed E-state index contributed by atoms with van der Waals surface area (Å²) in [5.41, 5.74) is 1.23. The number of ether oxygens (including phenoxy) is 8. The minimum Gasteiger partial charge on any atom is -0.463 e. The Bertz CT molecular complexity index is 2610. The van der Waals surface area contributed by atoms with Crippen LogP contribution >= 0.6 is 0 Å². The van der Waals surface area contributed by atoms with E-state index in [4.69, 9.17) is 33.2 Å². The lowest BCUT2D eigenvalue weighted by Gasteiger charge is -2.60. The van der Waals surface area contributed by atoms with Gasteiger partial charge < -0.3 is 43.0 Å². The van der Waals surface area contributed by atoms with Gasteiger partial charge in [-0.15, -0.1) is 0 Å². The normalized spacial score (nSPS) is 40.5. The number of carbonyl (C=O) groups excluding carboxylic acids is 8. The van der Waals surface area contributed by atoms with E-state index in [1.54, 1.807) is 20.8 Å². The third kappa shape index (κ3) is 13.2. The summed E-state index contributed by atoms with van der Waals surface area (Å²) in [6, 6.07) is 0. The number of fused-ring (bicyclic) bond motifs is 1. The standard InChI is InChI=1S/C16H24O2.C15H22O2.C14H16O6.C14H20O3.C8H10O4/c1-4-16(18-15(17)10(2)3)13-6-11-5-12(8-13)9-14(16)7-11;1-9(2)14(16)17-15(3)12-5-10-4-11(7-12)8-13(15)6-10;1-6(2)13(16)18-5-10(15)19-11-7-3-8-9(4-7)14(17)20-12(8)11;1-8(2)13(15)17-12-10-3-9-4-11(12)7-14(16,5-9)6-10;1-5(2)7(9)12-6-3-4-11-8(6)10/h11-14H,2,4-9H2,1,3H3;10-13H,1,4-8H2,2-3H3;7-9,11-12H,1,3-5H2,2H3;9-12,16H,1,3-7H2,2H3;6H,1,3-4H2,2H3. The highest BCUT2D eigenvalue weighted by atomic mass is 16.6. The number of hydrogen-bond donors (Lipinski definition) is 1. The summed E-state index contributed by atoms with van der Waals surface area (Å²) in [6.45, 7) is 30.3. The average Bonchev–Trinajstić information content (AvgIpc) is 1.08. The van der Waals surface area contributed by atoms with Gasteiger partial charge in [0.2, 0.25) is 6.10 Å². The molecule has 84 heavy (non-hydrogen) atoms. The topological polar surface area (TPSA) is 231 Å². The summed E-state index contributed by atoms with van der Waals surface area (Å²) in [6.07, 6.45) is 19.5. The molecule has 8 atom stereocenters. The maximum absolute atomic E-state index is 12.0. The summed E-state index contributed by atoms with van der Waals surface area (Å²) in [4.78, 5) is 91.6. The first-order chi connectivity index (χ1) is 39.6. The van der Waals surface area contributed by atoms with Crippen molar-refractivity contribution < 1.29 is 81.4 Å². The SMILES string of the molecule is C=C(C)C(=O)OC1(C)C2CC3CC(C2)CC1C3.C=C(C)C(=O)OC1(CC)C2CC3CC(C2)CC1C3.C=C(C)C(=O)OC1C2CC3CC1CC(O)(C3)C2.C=C(C)C(=O)OC1CCOC1=O.C=C(C)C(=O)OCC(=O)OC1C2CC3C(=O)OC1C3C2. The third-order valence-corrected chi connectivity index (χ3v) is 21.7. The number of rotatable bonds is 13. The molecule has 8 unspecified atom stereocenters. The number of aliphatic hydroxyl groups is 1. The Morgan fingerprint density at radius 1 is 0.536 bits per heavy atom. The molecule has 16 fully saturated rings. The predicted octanol–water partition coefficient (Wildman–Crippen LogP) is 10.1. The summed E-state index contributed by atoms with van der Waals surface area (Å²) in [5.74, 6) is 4.76. The average molecular weight is 1170 g/mol. The Labute approximate surface area is 495 Å². The second-order valence-electron chi connectivity index (χ2n) is 28.1. The van der Waals surface area contributed by atoms with Gasteiger partial charge in [-0.3, -0.25) is 4.79 Å². The van der Waals surface area contributed by atoms with Crippen LogP contribution in [-0.2, 0) is 76.3 Å². The predicted molar refractivity (Wildman–Crippen MR) is 306 cm³/mol. The Morgan fingerprint density at radius 2 is 1.02 bits per heavy atom. The number of carbonyl (C=O) groups is 8. The maximum atomic E-state index is 12.0. The number of cyclic esters (lactones) is 1. The molecule has 0 radical (unpaired) electrons. The molecule has 14 saturated carbocycles. The fourth-order valence-corrected chi connectivity index (χ4v) is 18.3. The molecular weight excluding hydrogens is 1080 g/mol.